The SMILES string of the molecule is O=C1NC(=O)[C@@]2(N1)C(=O)N(CC=Cc1ccc(Cl)c(Cl)c1)c1ccccc12. The molecule has 0 unspecified atom stereocenters. The molecule has 4 rings (SSSR count). The number of anilines is 1. The van der Waals surface area contributed by atoms with Crippen LogP contribution in [0.15, 0.2) is 48.5 Å². The summed E-state index contributed by atoms with van der Waals surface area (Å²) in [6.45, 7) is 0.223. The van der Waals surface area contributed by atoms with E-state index in [0.29, 0.717) is 21.3 Å². The molecule has 0 bridgehead atoms. The van der Waals surface area contributed by atoms with Crippen molar-refractivity contribution < 1.29 is 14.4 Å². The van der Waals surface area contributed by atoms with Gasteiger partial charge in [0, 0.05) is 12.1 Å². The van der Waals surface area contributed by atoms with Gasteiger partial charge in [-0.05, 0) is 23.8 Å². The number of carbonyl (C=O) groups excluding carboxylic acids is 3. The van der Waals surface area contributed by atoms with E-state index in [1.165, 1.54) is 4.90 Å². The van der Waals surface area contributed by atoms with Crippen molar-refractivity contribution >= 4 is 52.8 Å². The zero-order valence-electron chi connectivity index (χ0n) is 13.8. The van der Waals surface area contributed by atoms with Crippen molar-refractivity contribution in [1.29, 1.82) is 0 Å². The molecule has 0 radical (unpaired) electrons. The minimum Gasteiger partial charge on any atom is -0.312 e. The zero-order chi connectivity index (χ0) is 19.2. The second kappa shape index (κ2) is 6.40. The third kappa shape index (κ3) is 2.69. The molecule has 2 aromatic carbocycles. The first kappa shape index (κ1) is 17.6. The van der Waals surface area contributed by atoms with Crippen LogP contribution in [0.1, 0.15) is 11.1 Å². The number of carbonyl (C=O) groups is 3. The van der Waals surface area contributed by atoms with Gasteiger partial charge in [0.15, 0.2) is 0 Å². The van der Waals surface area contributed by atoms with E-state index in [1.807, 2.05) is 0 Å². The molecular weight excluding hydrogens is 389 g/mol. The summed E-state index contributed by atoms with van der Waals surface area (Å²) >= 11 is 11.9. The van der Waals surface area contributed by atoms with Crippen LogP contribution in [0, 0.1) is 0 Å². The number of nitrogens with zero attached hydrogens (tertiary/aromatic N) is 1. The Kier molecular flexibility index (Phi) is 4.17. The van der Waals surface area contributed by atoms with Crippen LogP contribution in [0.4, 0.5) is 10.5 Å². The van der Waals surface area contributed by atoms with Crippen LogP contribution in [0.3, 0.4) is 0 Å². The molecule has 2 aliphatic heterocycles. The van der Waals surface area contributed by atoms with Crippen molar-refractivity contribution in [3.63, 3.8) is 0 Å². The summed E-state index contributed by atoms with van der Waals surface area (Å²) in [5, 5.41) is 5.54. The normalized spacial score (nSPS) is 21.1. The second-order valence-corrected chi connectivity index (χ2v) is 6.98. The number of benzene rings is 2. The minimum absolute atomic E-state index is 0.223. The van der Waals surface area contributed by atoms with Gasteiger partial charge in [-0.15, -0.1) is 0 Å². The predicted octanol–water partition coefficient (Wildman–Crippen LogP) is 3.09. The van der Waals surface area contributed by atoms with E-state index in [2.05, 4.69) is 10.6 Å². The van der Waals surface area contributed by atoms with Crippen molar-refractivity contribution in [3.05, 3.63) is 69.7 Å². The molecule has 1 spiro atoms. The standard InChI is InChI=1S/C19H13Cl2N3O3/c20-13-8-7-11(10-14(13)21)4-3-9-24-15-6-2-1-5-12(15)19(17(24)26)16(25)22-18(27)23-19/h1-8,10H,9H2,(H2,22,23,25,27)/t19-/m1/s1. The Morgan fingerprint density at radius 2 is 1.81 bits per heavy atom. The van der Waals surface area contributed by atoms with Crippen LogP contribution in [-0.2, 0) is 15.1 Å². The van der Waals surface area contributed by atoms with Crippen LogP contribution in [0.25, 0.3) is 6.08 Å². The highest BCUT2D eigenvalue weighted by Crippen LogP contribution is 2.41. The maximum Gasteiger partial charge on any atom is 0.323 e. The quantitative estimate of drug-likeness (QED) is 0.612. The van der Waals surface area contributed by atoms with Gasteiger partial charge in [-0.1, -0.05) is 59.6 Å². The maximum atomic E-state index is 13.1. The summed E-state index contributed by atoms with van der Waals surface area (Å²) in [6.07, 6.45) is 3.58. The van der Waals surface area contributed by atoms with Gasteiger partial charge in [-0.25, -0.2) is 4.79 Å². The Balaban J connectivity index is 1.65. The van der Waals surface area contributed by atoms with E-state index in [1.54, 1.807) is 54.6 Å². The molecule has 6 nitrogen and oxygen atoms in total. The molecule has 1 saturated heterocycles. The van der Waals surface area contributed by atoms with Crippen molar-refractivity contribution in [2.75, 3.05) is 11.4 Å². The average molecular weight is 402 g/mol. The summed E-state index contributed by atoms with van der Waals surface area (Å²) in [5.74, 6) is -1.16. The Bertz CT molecular complexity index is 1020. The van der Waals surface area contributed by atoms with Gasteiger partial charge in [-0.2, -0.15) is 0 Å². The van der Waals surface area contributed by atoms with Crippen LogP contribution in [0.2, 0.25) is 10.0 Å². The summed E-state index contributed by atoms with van der Waals surface area (Å²) in [4.78, 5) is 38.6. The fraction of sp³-hybridized carbons (Fsp3) is 0.105. The van der Waals surface area contributed by atoms with E-state index >= 15 is 0 Å². The number of para-hydroxylation sites is 1. The smallest absolute Gasteiger partial charge is 0.312 e. The number of imide groups is 1. The van der Waals surface area contributed by atoms with Gasteiger partial charge in [0.05, 0.1) is 15.7 Å². The summed E-state index contributed by atoms with van der Waals surface area (Å²) in [7, 11) is 0. The molecule has 0 aliphatic carbocycles. The maximum absolute atomic E-state index is 13.1. The first-order valence-electron chi connectivity index (χ1n) is 8.10. The number of amides is 4. The average Bonchev–Trinajstić information content (AvgIpc) is 3.07. The van der Waals surface area contributed by atoms with Crippen molar-refractivity contribution in [3.8, 4) is 0 Å². The van der Waals surface area contributed by atoms with E-state index in [-0.39, 0.29) is 6.54 Å². The molecule has 2 heterocycles. The van der Waals surface area contributed by atoms with Gasteiger partial charge >= 0.3 is 6.03 Å². The van der Waals surface area contributed by atoms with Crippen molar-refractivity contribution in [1.82, 2.24) is 10.6 Å². The lowest BCUT2D eigenvalue weighted by molar-refractivity contribution is -0.133. The van der Waals surface area contributed by atoms with E-state index < -0.39 is 23.4 Å². The van der Waals surface area contributed by atoms with Gasteiger partial charge in [0.25, 0.3) is 11.8 Å². The lowest BCUT2D eigenvalue weighted by atomic mass is 9.92. The highest BCUT2D eigenvalue weighted by molar-refractivity contribution is 6.42. The zero-order valence-corrected chi connectivity index (χ0v) is 15.3. The third-order valence-electron chi connectivity index (χ3n) is 4.58. The molecule has 136 valence electrons. The summed E-state index contributed by atoms with van der Waals surface area (Å²) < 4.78 is 0. The molecule has 8 heteroatoms. The molecule has 4 amide bonds. The van der Waals surface area contributed by atoms with Gasteiger partial charge < -0.3 is 10.2 Å². The summed E-state index contributed by atoms with van der Waals surface area (Å²) in [6, 6.07) is 11.4. The third-order valence-corrected chi connectivity index (χ3v) is 5.31. The lowest BCUT2D eigenvalue weighted by Gasteiger charge is -2.20. The van der Waals surface area contributed by atoms with Gasteiger partial charge in [0.1, 0.15) is 0 Å². The van der Waals surface area contributed by atoms with Crippen LogP contribution >= 0.6 is 23.2 Å². The van der Waals surface area contributed by atoms with Crippen LogP contribution in [-0.4, -0.2) is 24.4 Å². The Hall–Kier alpha value is -2.83. The minimum atomic E-state index is -1.70. The molecule has 0 aromatic heterocycles. The molecule has 2 N–H and O–H groups in total. The fourth-order valence-corrected chi connectivity index (χ4v) is 3.65. The topological polar surface area (TPSA) is 78.5 Å². The lowest BCUT2D eigenvalue weighted by Crippen LogP contribution is -2.52. The molecule has 1 fully saturated rings. The molecule has 2 aromatic rings. The van der Waals surface area contributed by atoms with Crippen LogP contribution < -0.4 is 15.5 Å². The van der Waals surface area contributed by atoms with Crippen molar-refractivity contribution in [2.45, 2.75) is 5.54 Å². The highest BCUT2D eigenvalue weighted by atomic mass is 35.5. The molecule has 1 atom stereocenters. The number of hydrogen-bond acceptors (Lipinski definition) is 3. The monoisotopic (exact) mass is 401 g/mol. The Labute approximate surface area is 164 Å². The molecule has 27 heavy (non-hydrogen) atoms. The van der Waals surface area contributed by atoms with E-state index in [4.69, 9.17) is 23.2 Å². The van der Waals surface area contributed by atoms with Crippen LogP contribution in [0.5, 0.6) is 0 Å². The number of hydrogen-bond donors (Lipinski definition) is 2. The number of nitrogens with one attached hydrogen (secondary N) is 2. The first-order valence-corrected chi connectivity index (χ1v) is 8.86. The Morgan fingerprint density at radius 1 is 1.04 bits per heavy atom. The number of rotatable bonds is 3. The number of urea groups is 1. The molecule has 0 saturated carbocycles. The first-order chi connectivity index (χ1) is 12.9. The summed E-state index contributed by atoms with van der Waals surface area (Å²) in [5.41, 5.74) is 0.163. The number of fused-ring (bicyclic) bond motifs is 2. The molecule has 2 aliphatic rings. The molecular formula is C19H13Cl2N3O3. The van der Waals surface area contributed by atoms with E-state index in [9.17, 15) is 14.4 Å². The van der Waals surface area contributed by atoms with Gasteiger partial charge in [0.2, 0.25) is 5.54 Å². The van der Waals surface area contributed by atoms with Crippen molar-refractivity contribution in [2.24, 2.45) is 0 Å². The fourth-order valence-electron chi connectivity index (χ4n) is 3.34. The van der Waals surface area contributed by atoms with E-state index in [0.717, 1.165) is 5.56 Å². The van der Waals surface area contributed by atoms with Gasteiger partial charge in [-0.3, -0.25) is 14.9 Å². The second-order valence-electron chi connectivity index (χ2n) is 6.17. The largest absolute Gasteiger partial charge is 0.323 e. The highest BCUT2D eigenvalue weighted by Gasteiger charge is 2.60. The predicted molar refractivity (Wildman–Crippen MR) is 103 cm³/mol. The number of halogens is 2. The Morgan fingerprint density at radius 3 is 2.52 bits per heavy atom.